The number of esters is 1. The van der Waals surface area contributed by atoms with Gasteiger partial charge in [0.1, 0.15) is 12.4 Å². The molecule has 0 aliphatic rings. The molecule has 0 heterocycles. The number of aliphatic hydroxyl groups is 1. The number of rotatable bonds is 9. The lowest BCUT2D eigenvalue weighted by Crippen LogP contribution is -2.10. The van der Waals surface area contributed by atoms with Crippen molar-refractivity contribution in [3.63, 3.8) is 0 Å². The molecule has 4 nitrogen and oxygen atoms in total. The van der Waals surface area contributed by atoms with E-state index in [1.165, 1.54) is 22.1 Å². The monoisotopic (exact) mass is 466 g/mol. The molecule has 0 aromatic heterocycles. The molecule has 0 saturated carbocycles. The van der Waals surface area contributed by atoms with E-state index in [1.807, 2.05) is 12.1 Å². The molecule has 0 radical (unpaired) electrons. The molecule has 178 valence electrons. The van der Waals surface area contributed by atoms with Crippen LogP contribution < -0.4 is 4.74 Å². The predicted octanol–water partition coefficient (Wildman–Crippen LogP) is 6.52. The standard InChI is InChI=1S/C31H30O4/c1-21(2)31(33)35-16-14-29-20-28(12-13-30(29)34-17-15-32)27-11-10-25-18-24(8-9-26(25)19-27)23-6-4-22(3)5-7-23/h4-13,18-20,32H,1,14-17H2,2-3H3. The highest BCUT2D eigenvalue weighted by molar-refractivity contribution is 5.91. The normalized spacial score (nSPS) is 10.8. The molecule has 0 amide bonds. The van der Waals surface area contributed by atoms with Crippen molar-refractivity contribution in [2.24, 2.45) is 0 Å². The SMILES string of the molecule is C=C(C)C(=O)OCCc1cc(-c2ccc3cc(-c4ccc(C)cc4)ccc3c2)ccc1OCCO. The van der Waals surface area contributed by atoms with Crippen molar-refractivity contribution in [1.82, 2.24) is 0 Å². The average Bonchev–Trinajstić information content (AvgIpc) is 2.87. The molecule has 4 rings (SSSR count). The number of ether oxygens (including phenoxy) is 2. The van der Waals surface area contributed by atoms with Crippen LogP contribution in [0, 0.1) is 6.92 Å². The lowest BCUT2D eigenvalue weighted by molar-refractivity contribution is -0.138. The van der Waals surface area contributed by atoms with Gasteiger partial charge in [-0.25, -0.2) is 4.79 Å². The van der Waals surface area contributed by atoms with Gasteiger partial charge in [-0.2, -0.15) is 0 Å². The summed E-state index contributed by atoms with van der Waals surface area (Å²) >= 11 is 0. The van der Waals surface area contributed by atoms with E-state index in [0.717, 1.165) is 22.1 Å². The van der Waals surface area contributed by atoms with Crippen molar-refractivity contribution in [2.75, 3.05) is 19.8 Å². The number of carbonyl (C=O) groups is 1. The van der Waals surface area contributed by atoms with Gasteiger partial charge in [0.25, 0.3) is 0 Å². The first-order valence-electron chi connectivity index (χ1n) is 11.7. The summed E-state index contributed by atoms with van der Waals surface area (Å²) in [6, 6.07) is 27.5. The lowest BCUT2D eigenvalue weighted by atomic mass is 9.96. The summed E-state index contributed by atoms with van der Waals surface area (Å²) in [5, 5.41) is 11.5. The molecule has 0 unspecified atom stereocenters. The Morgan fingerprint density at radius 3 is 2.00 bits per heavy atom. The zero-order valence-corrected chi connectivity index (χ0v) is 20.2. The van der Waals surface area contributed by atoms with E-state index in [0.29, 0.717) is 17.7 Å². The number of hydrogen-bond acceptors (Lipinski definition) is 4. The van der Waals surface area contributed by atoms with Crippen molar-refractivity contribution in [1.29, 1.82) is 0 Å². The summed E-state index contributed by atoms with van der Waals surface area (Å²) < 4.78 is 11.0. The predicted molar refractivity (Wildman–Crippen MR) is 142 cm³/mol. The van der Waals surface area contributed by atoms with Gasteiger partial charge >= 0.3 is 5.97 Å². The number of hydrogen-bond donors (Lipinski definition) is 1. The molecule has 4 aromatic rings. The first-order valence-corrected chi connectivity index (χ1v) is 11.7. The summed E-state index contributed by atoms with van der Waals surface area (Å²) in [6.07, 6.45) is 0.501. The molecule has 0 saturated heterocycles. The molecule has 1 N–H and O–H groups in total. The second kappa shape index (κ2) is 11.0. The Morgan fingerprint density at radius 1 is 0.800 bits per heavy atom. The van der Waals surface area contributed by atoms with Gasteiger partial charge in [0.05, 0.1) is 13.2 Å². The second-order valence-corrected chi connectivity index (χ2v) is 8.70. The minimum absolute atomic E-state index is 0.0684. The molecule has 0 aliphatic heterocycles. The Bertz CT molecular complexity index is 1350. The second-order valence-electron chi connectivity index (χ2n) is 8.70. The highest BCUT2D eigenvalue weighted by Crippen LogP contribution is 2.31. The van der Waals surface area contributed by atoms with E-state index in [2.05, 4.69) is 80.2 Å². The Labute approximate surface area is 206 Å². The maximum absolute atomic E-state index is 11.7. The van der Waals surface area contributed by atoms with Crippen LogP contribution in [-0.4, -0.2) is 30.9 Å². The number of aliphatic hydroxyl groups excluding tert-OH is 1. The number of benzene rings is 4. The number of aryl methyl sites for hydroxylation is 1. The summed E-state index contributed by atoms with van der Waals surface area (Å²) in [7, 11) is 0. The van der Waals surface area contributed by atoms with Gasteiger partial charge in [-0.1, -0.05) is 66.7 Å². The molecule has 0 spiro atoms. The van der Waals surface area contributed by atoms with E-state index in [4.69, 9.17) is 14.6 Å². The molecular formula is C31H30O4. The molecule has 4 aromatic carbocycles. The van der Waals surface area contributed by atoms with E-state index in [1.54, 1.807) is 6.92 Å². The van der Waals surface area contributed by atoms with Gasteiger partial charge in [-0.15, -0.1) is 0 Å². The van der Waals surface area contributed by atoms with E-state index >= 15 is 0 Å². The van der Waals surface area contributed by atoms with E-state index in [9.17, 15) is 4.79 Å². The average molecular weight is 467 g/mol. The highest BCUT2D eigenvalue weighted by atomic mass is 16.5. The molecule has 35 heavy (non-hydrogen) atoms. The van der Waals surface area contributed by atoms with Crippen molar-refractivity contribution in [3.8, 4) is 28.0 Å². The summed E-state index contributed by atoms with van der Waals surface area (Å²) in [4.78, 5) is 11.7. The maximum atomic E-state index is 11.7. The number of fused-ring (bicyclic) bond motifs is 1. The van der Waals surface area contributed by atoms with Crippen LogP contribution in [0.5, 0.6) is 5.75 Å². The van der Waals surface area contributed by atoms with Gasteiger partial charge < -0.3 is 14.6 Å². The quantitative estimate of drug-likeness (QED) is 0.226. The van der Waals surface area contributed by atoms with Gasteiger partial charge in [0, 0.05) is 12.0 Å². The smallest absolute Gasteiger partial charge is 0.333 e. The Hall–Kier alpha value is -3.89. The van der Waals surface area contributed by atoms with Crippen molar-refractivity contribution in [2.45, 2.75) is 20.3 Å². The zero-order chi connectivity index (χ0) is 24.8. The molecule has 0 atom stereocenters. The van der Waals surface area contributed by atoms with Crippen molar-refractivity contribution < 1.29 is 19.4 Å². The van der Waals surface area contributed by atoms with Crippen LogP contribution in [0.25, 0.3) is 33.0 Å². The molecule has 0 fully saturated rings. The third-order valence-electron chi connectivity index (χ3n) is 5.92. The van der Waals surface area contributed by atoms with Gasteiger partial charge in [0.15, 0.2) is 0 Å². The van der Waals surface area contributed by atoms with Gasteiger partial charge in [-0.05, 0) is 76.7 Å². The van der Waals surface area contributed by atoms with Crippen LogP contribution in [0.1, 0.15) is 18.1 Å². The fourth-order valence-corrected chi connectivity index (χ4v) is 3.98. The van der Waals surface area contributed by atoms with E-state index < -0.39 is 5.97 Å². The first kappa shape index (κ1) is 24.2. The third-order valence-corrected chi connectivity index (χ3v) is 5.92. The van der Waals surface area contributed by atoms with Crippen LogP contribution in [0.4, 0.5) is 0 Å². The summed E-state index contributed by atoms with van der Waals surface area (Å²) in [5.74, 6) is 0.274. The maximum Gasteiger partial charge on any atom is 0.333 e. The minimum Gasteiger partial charge on any atom is -0.491 e. The molecule has 4 heteroatoms. The fraction of sp³-hybridized carbons (Fsp3) is 0.194. The van der Waals surface area contributed by atoms with Crippen molar-refractivity contribution in [3.05, 3.63) is 102 Å². The minimum atomic E-state index is -0.404. The Morgan fingerprint density at radius 2 is 1.37 bits per heavy atom. The van der Waals surface area contributed by atoms with Crippen molar-refractivity contribution >= 4 is 16.7 Å². The zero-order valence-electron chi connectivity index (χ0n) is 20.2. The van der Waals surface area contributed by atoms with Crippen LogP contribution in [0.3, 0.4) is 0 Å². The highest BCUT2D eigenvalue weighted by Gasteiger charge is 2.10. The van der Waals surface area contributed by atoms with Crippen LogP contribution in [0.15, 0.2) is 91.0 Å². The van der Waals surface area contributed by atoms with E-state index in [-0.39, 0.29) is 19.8 Å². The third kappa shape index (κ3) is 5.97. The Kier molecular flexibility index (Phi) is 7.64. The molecular weight excluding hydrogens is 436 g/mol. The van der Waals surface area contributed by atoms with Crippen LogP contribution in [-0.2, 0) is 16.0 Å². The van der Waals surface area contributed by atoms with Gasteiger partial charge in [-0.3, -0.25) is 0 Å². The van der Waals surface area contributed by atoms with Crippen LogP contribution >= 0.6 is 0 Å². The van der Waals surface area contributed by atoms with Crippen LogP contribution in [0.2, 0.25) is 0 Å². The fourth-order valence-electron chi connectivity index (χ4n) is 3.98. The molecule has 0 bridgehead atoms. The number of carbonyl (C=O) groups excluding carboxylic acids is 1. The Balaban J connectivity index is 1.60. The topological polar surface area (TPSA) is 55.8 Å². The molecule has 0 aliphatic carbocycles. The first-order chi connectivity index (χ1) is 16.9. The largest absolute Gasteiger partial charge is 0.491 e. The van der Waals surface area contributed by atoms with Gasteiger partial charge in [0.2, 0.25) is 0 Å². The lowest BCUT2D eigenvalue weighted by Gasteiger charge is -2.14. The summed E-state index contributed by atoms with van der Waals surface area (Å²) in [5.41, 5.74) is 7.08. The summed E-state index contributed by atoms with van der Waals surface area (Å²) in [6.45, 7) is 7.70.